The van der Waals surface area contributed by atoms with Crippen molar-refractivity contribution in [2.45, 2.75) is 66.8 Å². The van der Waals surface area contributed by atoms with E-state index in [4.69, 9.17) is 4.74 Å². The van der Waals surface area contributed by atoms with Crippen molar-refractivity contribution in [1.82, 2.24) is 9.78 Å². The molecule has 1 aromatic carbocycles. The molecular weight excluding hydrogens is 360 g/mol. The lowest BCUT2D eigenvalue weighted by Crippen LogP contribution is -2.08. The van der Waals surface area contributed by atoms with E-state index >= 15 is 0 Å². The van der Waals surface area contributed by atoms with E-state index in [1.807, 2.05) is 41.9 Å². The Bertz CT molecular complexity index is 912. The number of ether oxygens (including phenoxy) is 1. The summed E-state index contributed by atoms with van der Waals surface area (Å²) in [5.41, 5.74) is 5.39. The largest absolute Gasteiger partial charge is 0.457 e. The van der Waals surface area contributed by atoms with Gasteiger partial charge in [-0.15, -0.1) is 0 Å². The lowest BCUT2D eigenvalue weighted by molar-refractivity contribution is 0.0543. The Kier molecular flexibility index (Phi) is 8.91. The van der Waals surface area contributed by atoms with Crippen molar-refractivity contribution in [3.8, 4) is 0 Å². The molecule has 1 aromatic heterocycles. The van der Waals surface area contributed by atoms with Crippen LogP contribution in [0.3, 0.4) is 0 Å². The minimum atomic E-state index is -0.368. The Morgan fingerprint density at radius 2 is 1.66 bits per heavy atom. The minimum absolute atomic E-state index is 0.279. The lowest BCUT2D eigenvalue weighted by Gasteiger charge is -2.03. The molecule has 0 N–H and O–H groups in total. The van der Waals surface area contributed by atoms with Crippen LogP contribution in [0.2, 0.25) is 0 Å². The second-order valence-electron chi connectivity index (χ2n) is 7.74. The summed E-state index contributed by atoms with van der Waals surface area (Å²) < 4.78 is 7.29. The number of hydrogen-bond acceptors (Lipinski definition) is 3. The first-order valence-corrected chi connectivity index (χ1v) is 10.5. The molecule has 0 bridgehead atoms. The van der Waals surface area contributed by atoms with Crippen LogP contribution in [0, 0.1) is 0 Å². The SMILES string of the molecule is CCn1nc(C(=O)OC/C=C(\C)CC/C=C(\C)CCC=C(C)C)c2ccccc21. The van der Waals surface area contributed by atoms with Gasteiger partial charge in [0.25, 0.3) is 0 Å². The molecule has 0 aliphatic rings. The Hall–Kier alpha value is -2.62. The maximum atomic E-state index is 12.5. The van der Waals surface area contributed by atoms with E-state index in [-0.39, 0.29) is 12.6 Å². The minimum Gasteiger partial charge on any atom is -0.457 e. The van der Waals surface area contributed by atoms with Crippen LogP contribution in [-0.4, -0.2) is 22.4 Å². The van der Waals surface area contributed by atoms with Crippen molar-refractivity contribution in [3.05, 3.63) is 64.9 Å². The smallest absolute Gasteiger partial charge is 0.359 e. The average Bonchev–Trinajstić information content (AvgIpc) is 3.06. The summed E-state index contributed by atoms with van der Waals surface area (Å²) in [6.07, 6.45) is 10.8. The van der Waals surface area contributed by atoms with Crippen LogP contribution >= 0.6 is 0 Å². The fourth-order valence-corrected chi connectivity index (χ4v) is 3.19. The summed E-state index contributed by atoms with van der Waals surface area (Å²) in [5, 5.41) is 5.26. The number of nitrogens with zero attached hydrogens (tertiary/aromatic N) is 2. The van der Waals surface area contributed by atoms with Crippen molar-refractivity contribution in [2.75, 3.05) is 6.61 Å². The highest BCUT2D eigenvalue weighted by Gasteiger charge is 2.17. The zero-order valence-electron chi connectivity index (χ0n) is 18.5. The van der Waals surface area contributed by atoms with Crippen LogP contribution in [0.1, 0.15) is 70.8 Å². The molecule has 0 spiro atoms. The molecule has 0 unspecified atom stereocenters. The quantitative estimate of drug-likeness (QED) is 0.335. The van der Waals surface area contributed by atoms with Crippen molar-refractivity contribution in [3.63, 3.8) is 0 Å². The van der Waals surface area contributed by atoms with E-state index in [0.717, 1.165) is 36.6 Å². The molecule has 0 aliphatic carbocycles. The third-order valence-corrected chi connectivity index (χ3v) is 4.92. The number of allylic oxidation sites excluding steroid dienone is 5. The summed E-state index contributed by atoms with van der Waals surface area (Å²) in [7, 11) is 0. The number of rotatable bonds is 10. The first-order valence-electron chi connectivity index (χ1n) is 10.5. The summed E-state index contributed by atoms with van der Waals surface area (Å²) >= 11 is 0. The van der Waals surface area contributed by atoms with E-state index in [2.05, 4.69) is 44.9 Å². The van der Waals surface area contributed by atoms with E-state index < -0.39 is 0 Å². The number of para-hydroxylation sites is 1. The van der Waals surface area contributed by atoms with Gasteiger partial charge in [0.1, 0.15) is 6.61 Å². The van der Waals surface area contributed by atoms with Gasteiger partial charge >= 0.3 is 5.97 Å². The predicted octanol–water partition coefficient (Wildman–Crippen LogP) is 6.63. The summed E-state index contributed by atoms with van der Waals surface area (Å²) in [4.78, 5) is 12.5. The molecule has 0 aliphatic heterocycles. The molecule has 0 saturated heterocycles. The second-order valence-corrected chi connectivity index (χ2v) is 7.74. The summed E-state index contributed by atoms with van der Waals surface area (Å²) in [5.74, 6) is -0.368. The van der Waals surface area contributed by atoms with Gasteiger partial charge in [0.05, 0.1) is 5.52 Å². The van der Waals surface area contributed by atoms with Crippen molar-refractivity contribution in [2.24, 2.45) is 0 Å². The lowest BCUT2D eigenvalue weighted by atomic mass is 10.1. The van der Waals surface area contributed by atoms with Gasteiger partial charge in [0.15, 0.2) is 5.69 Å². The van der Waals surface area contributed by atoms with Crippen molar-refractivity contribution < 1.29 is 9.53 Å². The van der Waals surface area contributed by atoms with Crippen molar-refractivity contribution in [1.29, 1.82) is 0 Å². The standard InChI is InChI=1S/C25H34N2O2/c1-6-27-23-16-8-7-15-22(23)24(26-27)25(28)29-18-17-21(5)14-10-13-20(4)12-9-11-19(2)3/h7-8,11,13,15-17H,6,9-10,12,14,18H2,1-5H3/b20-13+,21-17+. The maximum absolute atomic E-state index is 12.5. The molecule has 0 fully saturated rings. The van der Waals surface area contributed by atoms with Crippen LogP contribution in [-0.2, 0) is 11.3 Å². The Morgan fingerprint density at radius 1 is 1.00 bits per heavy atom. The number of fused-ring (bicyclic) bond motifs is 1. The Labute approximate surface area is 174 Å². The zero-order chi connectivity index (χ0) is 21.2. The molecule has 29 heavy (non-hydrogen) atoms. The van der Waals surface area contributed by atoms with Gasteiger partial charge in [-0.05, 0) is 72.4 Å². The van der Waals surface area contributed by atoms with Crippen LogP contribution in [0.25, 0.3) is 10.9 Å². The van der Waals surface area contributed by atoms with Gasteiger partial charge in [-0.1, -0.05) is 47.1 Å². The molecule has 4 heteroatoms. The van der Waals surface area contributed by atoms with Gasteiger partial charge < -0.3 is 4.74 Å². The molecule has 0 atom stereocenters. The van der Waals surface area contributed by atoms with E-state index in [9.17, 15) is 4.79 Å². The normalized spacial score (nSPS) is 12.3. The summed E-state index contributed by atoms with van der Waals surface area (Å²) in [6.45, 7) is 11.6. The number of aryl methyl sites for hydroxylation is 1. The number of carbonyl (C=O) groups is 1. The van der Waals surface area contributed by atoms with E-state index in [1.54, 1.807) is 0 Å². The Morgan fingerprint density at radius 3 is 2.34 bits per heavy atom. The molecule has 2 rings (SSSR count). The number of carbonyl (C=O) groups excluding carboxylic acids is 1. The highest BCUT2D eigenvalue weighted by Crippen LogP contribution is 2.19. The number of esters is 1. The maximum Gasteiger partial charge on any atom is 0.359 e. The van der Waals surface area contributed by atoms with Crippen LogP contribution in [0.4, 0.5) is 0 Å². The third-order valence-electron chi connectivity index (χ3n) is 4.92. The second kappa shape index (κ2) is 11.4. The molecule has 0 radical (unpaired) electrons. The number of benzene rings is 1. The average molecular weight is 395 g/mol. The molecule has 2 aromatic rings. The highest BCUT2D eigenvalue weighted by molar-refractivity contribution is 6.02. The molecule has 156 valence electrons. The first-order chi connectivity index (χ1) is 13.9. The zero-order valence-corrected chi connectivity index (χ0v) is 18.5. The fourth-order valence-electron chi connectivity index (χ4n) is 3.19. The molecule has 0 saturated carbocycles. The van der Waals surface area contributed by atoms with Crippen molar-refractivity contribution >= 4 is 16.9 Å². The Balaban J connectivity index is 1.83. The van der Waals surface area contributed by atoms with Gasteiger partial charge in [-0.3, -0.25) is 4.68 Å². The first kappa shape index (κ1) is 22.7. The van der Waals surface area contributed by atoms with Gasteiger partial charge in [-0.2, -0.15) is 5.10 Å². The topological polar surface area (TPSA) is 44.1 Å². The molecular formula is C25H34N2O2. The van der Waals surface area contributed by atoms with Crippen LogP contribution in [0.5, 0.6) is 0 Å². The van der Waals surface area contributed by atoms with Crippen LogP contribution in [0.15, 0.2) is 59.2 Å². The molecule has 4 nitrogen and oxygen atoms in total. The van der Waals surface area contributed by atoms with Gasteiger partial charge in [-0.25, -0.2) is 4.79 Å². The number of aromatic nitrogens is 2. The van der Waals surface area contributed by atoms with Gasteiger partial charge in [0.2, 0.25) is 0 Å². The summed E-state index contributed by atoms with van der Waals surface area (Å²) in [6, 6.07) is 7.76. The monoisotopic (exact) mass is 394 g/mol. The predicted molar refractivity (Wildman–Crippen MR) is 121 cm³/mol. The molecule has 0 amide bonds. The fraction of sp³-hybridized carbons (Fsp3) is 0.440. The van der Waals surface area contributed by atoms with Gasteiger partial charge in [0, 0.05) is 11.9 Å². The van der Waals surface area contributed by atoms with E-state index in [0.29, 0.717) is 12.2 Å². The van der Waals surface area contributed by atoms with E-state index in [1.165, 1.54) is 16.7 Å². The highest BCUT2D eigenvalue weighted by atomic mass is 16.5. The van der Waals surface area contributed by atoms with Crippen LogP contribution < -0.4 is 0 Å². The molecule has 1 heterocycles. The third kappa shape index (κ3) is 7.04. The number of hydrogen-bond donors (Lipinski definition) is 0.